The summed E-state index contributed by atoms with van der Waals surface area (Å²) in [5.41, 5.74) is 0. The number of rotatable bonds is 5. The molecule has 0 aliphatic carbocycles. The Hall–Kier alpha value is 0.0900. The molecule has 1 saturated heterocycles. The van der Waals surface area contributed by atoms with Crippen molar-refractivity contribution in [1.29, 1.82) is 0 Å². The van der Waals surface area contributed by atoms with Gasteiger partial charge in [-0.1, -0.05) is 13.3 Å². The number of hydrogen-bond acceptors (Lipinski definition) is 4. The molecule has 0 amide bonds. The standard InChI is InChI=1S/C13H20BrNO2S2/c1-2-15-11(9-12-10(14)6-7-18-12)13-5-3-4-8-19(13,16)17/h6-7,11,13,15H,2-5,8-9H2,1H3. The van der Waals surface area contributed by atoms with E-state index in [0.717, 1.165) is 36.7 Å². The van der Waals surface area contributed by atoms with E-state index in [1.54, 1.807) is 11.3 Å². The Morgan fingerprint density at radius 1 is 1.53 bits per heavy atom. The van der Waals surface area contributed by atoms with Gasteiger partial charge in [-0.15, -0.1) is 11.3 Å². The Morgan fingerprint density at radius 3 is 2.89 bits per heavy atom. The van der Waals surface area contributed by atoms with Crippen LogP contribution in [0, 0.1) is 0 Å². The van der Waals surface area contributed by atoms with Crippen molar-refractivity contribution in [2.45, 2.75) is 43.9 Å². The third kappa shape index (κ3) is 3.80. The second-order valence-electron chi connectivity index (χ2n) is 4.96. The maximum Gasteiger partial charge on any atom is 0.154 e. The van der Waals surface area contributed by atoms with E-state index in [0.29, 0.717) is 5.75 Å². The van der Waals surface area contributed by atoms with Gasteiger partial charge in [0.2, 0.25) is 0 Å². The van der Waals surface area contributed by atoms with Gasteiger partial charge >= 0.3 is 0 Å². The third-order valence-corrected chi connectivity index (χ3v) is 7.93. The van der Waals surface area contributed by atoms with E-state index in [2.05, 4.69) is 21.2 Å². The highest BCUT2D eigenvalue weighted by Gasteiger charge is 2.35. The monoisotopic (exact) mass is 365 g/mol. The normalized spacial score (nSPS) is 24.2. The van der Waals surface area contributed by atoms with Crippen molar-refractivity contribution in [2.75, 3.05) is 12.3 Å². The smallest absolute Gasteiger partial charge is 0.154 e. The number of hydrogen-bond donors (Lipinski definition) is 1. The molecule has 0 spiro atoms. The Labute approximate surface area is 127 Å². The molecule has 108 valence electrons. The van der Waals surface area contributed by atoms with Crippen LogP contribution in [0.2, 0.25) is 0 Å². The number of sulfone groups is 1. The first kappa shape index (κ1) is 15.5. The van der Waals surface area contributed by atoms with Crippen molar-refractivity contribution in [1.82, 2.24) is 5.32 Å². The fourth-order valence-corrected chi connectivity index (χ4v) is 6.40. The van der Waals surface area contributed by atoms with Gasteiger partial charge in [0.1, 0.15) is 0 Å². The minimum absolute atomic E-state index is 0.0326. The molecule has 0 saturated carbocycles. The summed E-state index contributed by atoms with van der Waals surface area (Å²) in [5, 5.41) is 5.19. The van der Waals surface area contributed by atoms with Crippen molar-refractivity contribution >= 4 is 37.1 Å². The maximum absolute atomic E-state index is 12.3. The second kappa shape index (κ2) is 6.70. The minimum atomic E-state index is -2.93. The van der Waals surface area contributed by atoms with E-state index < -0.39 is 9.84 Å². The molecular formula is C13H20BrNO2S2. The zero-order chi connectivity index (χ0) is 13.9. The maximum atomic E-state index is 12.3. The van der Waals surface area contributed by atoms with Gasteiger partial charge in [0.15, 0.2) is 9.84 Å². The van der Waals surface area contributed by atoms with Gasteiger partial charge in [0.25, 0.3) is 0 Å². The lowest BCUT2D eigenvalue weighted by Crippen LogP contribution is -2.47. The third-order valence-electron chi connectivity index (χ3n) is 3.64. The zero-order valence-electron chi connectivity index (χ0n) is 11.1. The molecular weight excluding hydrogens is 346 g/mol. The highest BCUT2D eigenvalue weighted by atomic mass is 79.9. The first-order valence-corrected chi connectivity index (χ1v) is 10.1. The summed E-state index contributed by atoms with van der Waals surface area (Å²) in [6.45, 7) is 2.84. The van der Waals surface area contributed by atoms with Crippen LogP contribution in [0.4, 0.5) is 0 Å². The van der Waals surface area contributed by atoms with Crippen LogP contribution in [0.25, 0.3) is 0 Å². The summed E-state index contributed by atoms with van der Waals surface area (Å²) < 4.78 is 25.6. The number of likely N-dealkylation sites (N-methyl/N-ethyl adjacent to an activating group) is 1. The van der Waals surface area contributed by atoms with Crippen LogP contribution in [-0.2, 0) is 16.3 Å². The Morgan fingerprint density at radius 2 is 2.32 bits per heavy atom. The second-order valence-corrected chi connectivity index (χ2v) is 9.16. The topological polar surface area (TPSA) is 46.2 Å². The molecule has 2 atom stereocenters. The van der Waals surface area contributed by atoms with Gasteiger partial charge in [-0.25, -0.2) is 8.42 Å². The molecule has 0 aromatic carbocycles. The number of thiophene rings is 1. The molecule has 19 heavy (non-hydrogen) atoms. The molecule has 2 unspecified atom stereocenters. The molecule has 2 heterocycles. The Balaban J connectivity index is 2.17. The first-order chi connectivity index (χ1) is 9.04. The number of halogens is 1. The van der Waals surface area contributed by atoms with Gasteiger partial charge in [0, 0.05) is 15.4 Å². The molecule has 1 aliphatic heterocycles. The SMILES string of the molecule is CCNC(Cc1sccc1Br)C1CCCCS1(=O)=O. The van der Waals surface area contributed by atoms with Crippen LogP contribution in [0.3, 0.4) is 0 Å². The highest BCUT2D eigenvalue weighted by molar-refractivity contribution is 9.10. The van der Waals surface area contributed by atoms with Gasteiger partial charge in [-0.2, -0.15) is 0 Å². The van der Waals surface area contributed by atoms with Crippen LogP contribution in [-0.4, -0.2) is 32.0 Å². The quantitative estimate of drug-likeness (QED) is 0.872. The van der Waals surface area contributed by atoms with Crippen molar-refractivity contribution in [3.05, 3.63) is 20.8 Å². The van der Waals surface area contributed by atoms with Crippen LogP contribution in [0.5, 0.6) is 0 Å². The van der Waals surface area contributed by atoms with E-state index in [1.165, 1.54) is 4.88 Å². The molecule has 1 N–H and O–H groups in total. The Bertz CT molecular complexity index is 512. The average molecular weight is 366 g/mol. The van der Waals surface area contributed by atoms with E-state index in [9.17, 15) is 8.42 Å². The summed E-state index contributed by atoms with van der Waals surface area (Å²) in [6.07, 6.45) is 3.43. The van der Waals surface area contributed by atoms with Gasteiger partial charge in [-0.05, 0) is 53.2 Å². The van der Waals surface area contributed by atoms with Crippen molar-refractivity contribution in [2.24, 2.45) is 0 Å². The molecule has 3 nitrogen and oxygen atoms in total. The predicted molar refractivity (Wildman–Crippen MR) is 84.6 cm³/mol. The zero-order valence-corrected chi connectivity index (χ0v) is 14.3. The molecule has 0 radical (unpaired) electrons. The van der Waals surface area contributed by atoms with Crippen molar-refractivity contribution in [3.8, 4) is 0 Å². The van der Waals surface area contributed by atoms with Crippen molar-refractivity contribution < 1.29 is 8.42 Å². The number of nitrogens with one attached hydrogen (secondary N) is 1. The fourth-order valence-electron chi connectivity index (χ4n) is 2.70. The summed E-state index contributed by atoms with van der Waals surface area (Å²) >= 11 is 5.22. The Kier molecular flexibility index (Phi) is 5.45. The molecule has 1 fully saturated rings. The van der Waals surface area contributed by atoms with Crippen LogP contribution in [0.1, 0.15) is 31.1 Å². The van der Waals surface area contributed by atoms with E-state index in [4.69, 9.17) is 0 Å². The molecule has 1 aromatic rings. The molecule has 1 aliphatic rings. The van der Waals surface area contributed by atoms with Crippen molar-refractivity contribution in [3.63, 3.8) is 0 Å². The van der Waals surface area contributed by atoms with Gasteiger partial charge in [0.05, 0.1) is 11.0 Å². The van der Waals surface area contributed by atoms with Crippen LogP contribution >= 0.6 is 27.3 Å². The van der Waals surface area contributed by atoms with Gasteiger partial charge < -0.3 is 5.32 Å². The first-order valence-electron chi connectivity index (χ1n) is 6.71. The summed E-state index contributed by atoms with van der Waals surface area (Å²) in [4.78, 5) is 1.23. The summed E-state index contributed by atoms with van der Waals surface area (Å²) in [5.74, 6) is 0.352. The summed E-state index contributed by atoms with van der Waals surface area (Å²) in [7, 11) is -2.93. The summed E-state index contributed by atoms with van der Waals surface area (Å²) in [6, 6.07) is 2.06. The largest absolute Gasteiger partial charge is 0.313 e. The average Bonchev–Trinajstić information content (AvgIpc) is 2.74. The highest BCUT2D eigenvalue weighted by Crippen LogP contribution is 2.28. The van der Waals surface area contributed by atoms with E-state index >= 15 is 0 Å². The van der Waals surface area contributed by atoms with Crippen LogP contribution in [0.15, 0.2) is 15.9 Å². The lowest BCUT2D eigenvalue weighted by Gasteiger charge is -2.30. The fraction of sp³-hybridized carbons (Fsp3) is 0.692. The lowest BCUT2D eigenvalue weighted by atomic mass is 10.0. The molecule has 0 bridgehead atoms. The molecule has 1 aromatic heterocycles. The van der Waals surface area contributed by atoms with E-state index in [1.807, 2.05) is 18.4 Å². The van der Waals surface area contributed by atoms with E-state index in [-0.39, 0.29) is 11.3 Å². The molecule has 2 rings (SSSR count). The predicted octanol–water partition coefficient (Wildman–Crippen LogP) is 3.00. The minimum Gasteiger partial charge on any atom is -0.313 e. The lowest BCUT2D eigenvalue weighted by molar-refractivity contribution is 0.442. The van der Waals surface area contributed by atoms with Crippen LogP contribution < -0.4 is 5.32 Å². The molecule has 6 heteroatoms. The van der Waals surface area contributed by atoms with Gasteiger partial charge in [-0.3, -0.25) is 0 Å².